The Morgan fingerprint density at radius 1 is 0.812 bits per heavy atom. The van der Waals surface area contributed by atoms with Crippen molar-refractivity contribution < 1.29 is 36.2 Å². The van der Waals surface area contributed by atoms with Gasteiger partial charge in [0.1, 0.15) is 31.7 Å². The van der Waals surface area contributed by atoms with E-state index in [1.165, 1.54) is 0 Å². The van der Waals surface area contributed by atoms with Gasteiger partial charge in [0.2, 0.25) is 0 Å². The van der Waals surface area contributed by atoms with Crippen LogP contribution in [-0.2, 0) is 20.2 Å². The van der Waals surface area contributed by atoms with Gasteiger partial charge in [0, 0.05) is 12.1 Å². The van der Waals surface area contributed by atoms with Gasteiger partial charge in [0.15, 0.2) is 0 Å². The zero-order chi connectivity index (χ0) is 12.7. The second-order valence-electron chi connectivity index (χ2n) is 2.70. The molecule has 0 aromatic heterocycles. The molecule has 0 fully saturated rings. The van der Waals surface area contributed by atoms with Gasteiger partial charge in [-0.3, -0.25) is 0 Å². The van der Waals surface area contributed by atoms with Crippen LogP contribution < -0.4 is 0 Å². The van der Waals surface area contributed by atoms with E-state index in [0.717, 1.165) is 0 Å². The monoisotopic (exact) mass is 268 g/mol. The average Bonchev–Trinajstić information content (AvgIpc) is 2.04. The molecule has 2 N–H and O–H groups in total. The summed E-state index contributed by atoms with van der Waals surface area (Å²) in [7, 11) is -10.2. The van der Waals surface area contributed by atoms with Crippen LogP contribution in [0.4, 0.5) is 0 Å². The van der Waals surface area contributed by atoms with Crippen LogP contribution in [-0.4, -0.2) is 36.2 Å². The van der Waals surface area contributed by atoms with Gasteiger partial charge in [0.25, 0.3) is 0 Å². The maximum absolute atomic E-state index is 10.5. The van der Waals surface area contributed by atoms with Crippen LogP contribution in [0.1, 0.15) is 0 Å². The van der Waals surface area contributed by atoms with E-state index in [0.29, 0.717) is 0 Å². The summed E-state index contributed by atoms with van der Waals surface area (Å²) in [6.45, 7) is 0. The van der Waals surface area contributed by atoms with E-state index >= 15 is 0 Å². The minimum absolute atomic E-state index is 0.197. The van der Waals surface area contributed by atoms with Crippen molar-refractivity contribution >= 4 is 20.2 Å². The fourth-order valence-electron chi connectivity index (χ4n) is 0.939. The van der Waals surface area contributed by atoms with E-state index in [2.05, 4.69) is 0 Å². The zero-order valence-electron chi connectivity index (χ0n) is 7.32. The SMILES string of the molecule is O=S(=O)([O-])c1cc(O)c(S(=O)(=O)[O-])cc1O. The molecule has 0 unspecified atom stereocenters. The number of phenolic OH excluding ortho intramolecular Hbond substituents is 2. The van der Waals surface area contributed by atoms with Gasteiger partial charge in [-0.1, -0.05) is 0 Å². The highest BCUT2D eigenvalue weighted by molar-refractivity contribution is 7.86. The Kier molecular flexibility index (Phi) is 2.85. The van der Waals surface area contributed by atoms with Crippen LogP contribution in [0.2, 0.25) is 0 Å². The summed E-state index contributed by atoms with van der Waals surface area (Å²) in [5, 5.41) is 18.0. The standard InChI is InChI=1S/C6H6O8S2/c7-3-1-5(15(9,10)11)4(8)2-6(3)16(12,13)14/h1-2,7-8H,(H,9,10,11)(H,12,13,14)/p-2. The lowest BCUT2D eigenvalue weighted by Crippen LogP contribution is -2.03. The molecular weight excluding hydrogens is 264 g/mol. The molecule has 0 spiro atoms. The third-order valence-electron chi connectivity index (χ3n) is 1.58. The molecule has 0 saturated carbocycles. The summed E-state index contributed by atoms with van der Waals surface area (Å²) < 4.78 is 63.1. The normalized spacial score (nSPS) is 12.6. The van der Waals surface area contributed by atoms with Crippen molar-refractivity contribution in [3.05, 3.63) is 12.1 Å². The van der Waals surface area contributed by atoms with Crippen LogP contribution in [0.3, 0.4) is 0 Å². The highest BCUT2D eigenvalue weighted by atomic mass is 32.2. The Hall–Kier alpha value is -1.36. The summed E-state index contributed by atoms with van der Waals surface area (Å²) in [4.78, 5) is -2.42. The van der Waals surface area contributed by atoms with E-state index < -0.39 is 41.5 Å². The molecule has 1 aromatic rings. The van der Waals surface area contributed by atoms with Crippen molar-refractivity contribution in [2.75, 3.05) is 0 Å². The molecule has 1 rings (SSSR count). The van der Waals surface area contributed by atoms with E-state index in [-0.39, 0.29) is 12.1 Å². The minimum atomic E-state index is -5.08. The molecule has 0 saturated heterocycles. The van der Waals surface area contributed by atoms with Crippen molar-refractivity contribution in [2.24, 2.45) is 0 Å². The lowest BCUT2D eigenvalue weighted by Gasteiger charge is -2.14. The predicted octanol–water partition coefficient (Wildman–Crippen LogP) is -1.09. The maximum Gasteiger partial charge on any atom is 0.134 e. The number of hydrogen-bond acceptors (Lipinski definition) is 8. The second-order valence-corrected chi connectivity index (χ2v) is 5.39. The lowest BCUT2D eigenvalue weighted by molar-refractivity contribution is 0.411. The van der Waals surface area contributed by atoms with Gasteiger partial charge < -0.3 is 19.3 Å². The summed E-state index contributed by atoms with van der Waals surface area (Å²) in [5.41, 5.74) is 0. The Labute approximate surface area is 90.3 Å². The first-order valence-corrected chi connectivity index (χ1v) is 6.33. The minimum Gasteiger partial charge on any atom is -0.744 e. The van der Waals surface area contributed by atoms with Crippen LogP contribution in [0.15, 0.2) is 21.9 Å². The fourth-order valence-corrected chi connectivity index (χ4v) is 2.08. The van der Waals surface area contributed by atoms with Crippen LogP contribution >= 0.6 is 0 Å². The smallest absolute Gasteiger partial charge is 0.134 e. The predicted molar refractivity (Wildman–Crippen MR) is 45.7 cm³/mol. The quantitative estimate of drug-likeness (QED) is 0.506. The summed E-state index contributed by atoms with van der Waals surface area (Å²) in [6, 6.07) is 0.394. The highest BCUT2D eigenvalue weighted by Crippen LogP contribution is 2.32. The number of hydrogen-bond donors (Lipinski definition) is 2. The van der Waals surface area contributed by atoms with Crippen molar-refractivity contribution in [1.29, 1.82) is 0 Å². The zero-order valence-corrected chi connectivity index (χ0v) is 8.95. The van der Waals surface area contributed by atoms with Gasteiger partial charge >= 0.3 is 0 Å². The summed E-state index contributed by atoms with van der Waals surface area (Å²) in [6.07, 6.45) is 0. The lowest BCUT2D eigenvalue weighted by atomic mass is 10.3. The van der Waals surface area contributed by atoms with Crippen LogP contribution in [0.5, 0.6) is 11.5 Å². The number of rotatable bonds is 2. The molecular formula is C6H4O8S2-2. The molecule has 0 heterocycles. The summed E-state index contributed by atoms with van der Waals surface area (Å²) >= 11 is 0. The maximum atomic E-state index is 10.5. The van der Waals surface area contributed by atoms with Gasteiger partial charge in [0.05, 0.1) is 9.79 Å². The van der Waals surface area contributed by atoms with Gasteiger partial charge in [-0.05, 0) is 0 Å². The van der Waals surface area contributed by atoms with Gasteiger partial charge in [-0.2, -0.15) is 0 Å². The molecule has 0 radical (unpaired) electrons. The number of benzene rings is 1. The highest BCUT2D eigenvalue weighted by Gasteiger charge is 2.16. The molecule has 0 aliphatic heterocycles. The Balaban J connectivity index is 3.65. The van der Waals surface area contributed by atoms with Gasteiger partial charge in [-0.25, -0.2) is 16.8 Å². The van der Waals surface area contributed by atoms with E-state index in [4.69, 9.17) is 10.2 Å². The first-order valence-electron chi connectivity index (χ1n) is 3.51. The fraction of sp³-hybridized carbons (Fsp3) is 0. The Morgan fingerprint density at radius 3 is 1.25 bits per heavy atom. The third-order valence-corrected chi connectivity index (χ3v) is 3.31. The van der Waals surface area contributed by atoms with E-state index in [1.807, 2.05) is 0 Å². The van der Waals surface area contributed by atoms with Crippen molar-refractivity contribution in [3.63, 3.8) is 0 Å². The summed E-state index contributed by atoms with van der Waals surface area (Å²) in [5.74, 6) is -2.44. The molecule has 1 aromatic carbocycles. The molecule has 0 aliphatic rings. The topological polar surface area (TPSA) is 155 Å². The molecule has 16 heavy (non-hydrogen) atoms. The van der Waals surface area contributed by atoms with E-state index in [1.54, 1.807) is 0 Å². The molecule has 10 heteroatoms. The molecule has 0 bridgehead atoms. The van der Waals surface area contributed by atoms with Crippen LogP contribution in [0.25, 0.3) is 0 Å². The van der Waals surface area contributed by atoms with Gasteiger partial charge in [-0.15, -0.1) is 0 Å². The molecule has 90 valence electrons. The number of aromatic hydroxyl groups is 2. The first-order chi connectivity index (χ1) is 7.03. The molecule has 0 amide bonds. The Bertz CT molecular complexity index is 569. The van der Waals surface area contributed by atoms with E-state index in [9.17, 15) is 25.9 Å². The second kappa shape index (κ2) is 3.59. The van der Waals surface area contributed by atoms with Crippen molar-refractivity contribution in [3.8, 4) is 11.5 Å². The Morgan fingerprint density at radius 2 is 1.06 bits per heavy atom. The van der Waals surface area contributed by atoms with Crippen molar-refractivity contribution in [1.82, 2.24) is 0 Å². The largest absolute Gasteiger partial charge is 0.744 e. The average molecular weight is 268 g/mol. The van der Waals surface area contributed by atoms with Crippen molar-refractivity contribution in [2.45, 2.75) is 9.79 Å². The molecule has 8 nitrogen and oxygen atoms in total. The third kappa shape index (κ3) is 2.41. The molecule has 0 atom stereocenters. The first kappa shape index (κ1) is 12.7. The number of phenols is 2. The molecule has 0 aliphatic carbocycles. The van der Waals surface area contributed by atoms with Crippen LogP contribution in [0, 0.1) is 0 Å².